The molecule has 0 radical (unpaired) electrons. The largest absolute Gasteiger partial charge is 0.328 e. The van der Waals surface area contributed by atoms with Gasteiger partial charge in [-0.2, -0.15) is 0 Å². The van der Waals surface area contributed by atoms with Gasteiger partial charge >= 0.3 is 0 Å². The molecule has 0 saturated carbocycles. The molecule has 0 amide bonds. The number of likely N-dealkylation sites (tertiary alicyclic amines) is 1. The van der Waals surface area contributed by atoms with Gasteiger partial charge in [-0.1, -0.05) is 0 Å². The van der Waals surface area contributed by atoms with E-state index in [1.54, 1.807) is 0 Å². The molecule has 2 heterocycles. The van der Waals surface area contributed by atoms with Gasteiger partial charge < -0.3 is 5.73 Å². The average molecular weight is 191 g/mol. The molecule has 0 aromatic carbocycles. The van der Waals surface area contributed by atoms with Crippen molar-refractivity contribution in [3.05, 3.63) is 30.1 Å². The van der Waals surface area contributed by atoms with E-state index in [2.05, 4.69) is 29.1 Å². The third kappa shape index (κ3) is 1.94. The molecule has 2 N–H and O–H groups in total. The summed E-state index contributed by atoms with van der Waals surface area (Å²) in [6, 6.07) is 4.99. The van der Waals surface area contributed by atoms with Crippen molar-refractivity contribution in [1.29, 1.82) is 0 Å². The van der Waals surface area contributed by atoms with Gasteiger partial charge in [0.2, 0.25) is 0 Å². The van der Waals surface area contributed by atoms with Crippen LogP contribution in [0, 0.1) is 0 Å². The van der Waals surface area contributed by atoms with Crippen LogP contribution in [0.25, 0.3) is 0 Å². The maximum atomic E-state index is 5.98. The van der Waals surface area contributed by atoms with Crippen LogP contribution in [-0.4, -0.2) is 29.5 Å². The minimum Gasteiger partial charge on any atom is -0.328 e. The quantitative estimate of drug-likeness (QED) is 0.724. The lowest BCUT2D eigenvalue weighted by atomic mass is 9.93. The smallest absolute Gasteiger partial charge is 0.0360 e. The van der Waals surface area contributed by atoms with E-state index in [-0.39, 0.29) is 0 Å². The van der Waals surface area contributed by atoms with Gasteiger partial charge in [-0.25, -0.2) is 0 Å². The van der Waals surface area contributed by atoms with E-state index in [9.17, 15) is 0 Å². The lowest BCUT2D eigenvalue weighted by molar-refractivity contribution is 0.171. The van der Waals surface area contributed by atoms with Gasteiger partial charge in [-0.05, 0) is 44.1 Å². The monoisotopic (exact) mass is 191 g/mol. The second-order valence-electron chi connectivity index (χ2n) is 4.06. The van der Waals surface area contributed by atoms with Crippen molar-refractivity contribution in [2.24, 2.45) is 5.73 Å². The number of aromatic nitrogens is 1. The van der Waals surface area contributed by atoms with E-state index >= 15 is 0 Å². The highest BCUT2D eigenvalue weighted by molar-refractivity contribution is 5.16. The molecular formula is C11H17N3. The summed E-state index contributed by atoms with van der Waals surface area (Å²) >= 11 is 0. The number of piperidine rings is 1. The summed E-state index contributed by atoms with van der Waals surface area (Å²) in [5.41, 5.74) is 7.31. The van der Waals surface area contributed by atoms with E-state index in [1.807, 2.05) is 12.4 Å². The Hall–Kier alpha value is -0.930. The molecule has 3 heteroatoms. The lowest BCUT2D eigenvalue weighted by Gasteiger charge is -2.35. The minimum absolute atomic E-state index is 0.351. The summed E-state index contributed by atoms with van der Waals surface area (Å²) in [6.45, 7) is 1.09. The summed E-state index contributed by atoms with van der Waals surface area (Å²) in [5, 5.41) is 0. The van der Waals surface area contributed by atoms with Gasteiger partial charge in [0, 0.05) is 24.5 Å². The van der Waals surface area contributed by atoms with Gasteiger partial charge in [0.05, 0.1) is 0 Å². The Bertz CT molecular complexity index is 286. The van der Waals surface area contributed by atoms with E-state index in [4.69, 9.17) is 5.73 Å². The molecule has 1 aliphatic heterocycles. The number of pyridine rings is 1. The maximum absolute atomic E-state index is 5.98. The molecule has 1 aromatic rings. The highest BCUT2D eigenvalue weighted by Gasteiger charge is 2.24. The fourth-order valence-electron chi connectivity index (χ4n) is 2.09. The minimum atomic E-state index is 0.351. The summed E-state index contributed by atoms with van der Waals surface area (Å²) in [6.07, 6.45) is 5.87. The van der Waals surface area contributed by atoms with Gasteiger partial charge in [0.15, 0.2) is 0 Å². The van der Waals surface area contributed by atoms with Crippen LogP contribution in [0.5, 0.6) is 0 Å². The predicted octanol–water partition coefficient (Wildman–Crippen LogP) is 1.18. The molecule has 2 unspecified atom stereocenters. The summed E-state index contributed by atoms with van der Waals surface area (Å²) in [7, 11) is 2.16. The van der Waals surface area contributed by atoms with Crippen LogP contribution in [0.2, 0.25) is 0 Å². The molecule has 1 saturated heterocycles. The zero-order valence-corrected chi connectivity index (χ0v) is 8.56. The van der Waals surface area contributed by atoms with Crippen molar-refractivity contribution >= 4 is 0 Å². The van der Waals surface area contributed by atoms with E-state index < -0.39 is 0 Å². The SMILES string of the molecule is CN1CCC(N)CC1c1ccncc1. The molecule has 1 aromatic heterocycles. The van der Waals surface area contributed by atoms with Crippen molar-refractivity contribution in [3.63, 3.8) is 0 Å². The fourth-order valence-corrected chi connectivity index (χ4v) is 2.09. The predicted molar refractivity (Wildman–Crippen MR) is 56.8 cm³/mol. The van der Waals surface area contributed by atoms with Gasteiger partial charge in [0.1, 0.15) is 0 Å². The second kappa shape index (κ2) is 4.07. The first-order valence-corrected chi connectivity index (χ1v) is 5.13. The Balaban J connectivity index is 2.16. The van der Waals surface area contributed by atoms with E-state index in [1.165, 1.54) is 5.56 Å². The topological polar surface area (TPSA) is 42.1 Å². The Morgan fingerprint density at radius 2 is 2.14 bits per heavy atom. The number of rotatable bonds is 1. The summed E-state index contributed by atoms with van der Waals surface area (Å²) in [4.78, 5) is 6.41. The normalized spacial score (nSPS) is 29.0. The van der Waals surface area contributed by atoms with Gasteiger partial charge in [-0.15, -0.1) is 0 Å². The Kier molecular flexibility index (Phi) is 2.79. The molecular weight excluding hydrogens is 174 g/mol. The zero-order valence-electron chi connectivity index (χ0n) is 8.56. The Morgan fingerprint density at radius 1 is 1.43 bits per heavy atom. The van der Waals surface area contributed by atoms with Gasteiger partial charge in [-0.3, -0.25) is 9.88 Å². The fraction of sp³-hybridized carbons (Fsp3) is 0.545. The van der Waals surface area contributed by atoms with Crippen molar-refractivity contribution in [2.45, 2.75) is 24.9 Å². The molecule has 76 valence electrons. The number of nitrogens with two attached hydrogens (primary N) is 1. The molecule has 0 bridgehead atoms. The molecule has 0 spiro atoms. The second-order valence-corrected chi connectivity index (χ2v) is 4.06. The first-order valence-electron chi connectivity index (χ1n) is 5.13. The number of hydrogen-bond donors (Lipinski definition) is 1. The van der Waals surface area contributed by atoms with Crippen LogP contribution in [0.15, 0.2) is 24.5 Å². The number of hydrogen-bond acceptors (Lipinski definition) is 3. The molecule has 3 nitrogen and oxygen atoms in total. The molecule has 2 rings (SSSR count). The molecule has 1 fully saturated rings. The standard InChI is InChI=1S/C11H17N3/c1-14-7-4-10(12)8-11(14)9-2-5-13-6-3-9/h2-3,5-6,10-11H,4,7-8,12H2,1H3. The van der Waals surface area contributed by atoms with Crippen molar-refractivity contribution in [1.82, 2.24) is 9.88 Å². The zero-order chi connectivity index (χ0) is 9.97. The molecule has 0 aliphatic carbocycles. The van der Waals surface area contributed by atoms with Crippen LogP contribution < -0.4 is 5.73 Å². The van der Waals surface area contributed by atoms with Crippen molar-refractivity contribution < 1.29 is 0 Å². The first kappa shape index (κ1) is 9.62. The first-order chi connectivity index (χ1) is 6.77. The third-order valence-corrected chi connectivity index (χ3v) is 3.00. The highest BCUT2D eigenvalue weighted by atomic mass is 15.1. The Morgan fingerprint density at radius 3 is 2.86 bits per heavy atom. The van der Waals surface area contributed by atoms with Gasteiger partial charge in [0.25, 0.3) is 0 Å². The van der Waals surface area contributed by atoms with E-state index in [0.717, 1.165) is 19.4 Å². The van der Waals surface area contributed by atoms with Crippen LogP contribution >= 0.6 is 0 Å². The maximum Gasteiger partial charge on any atom is 0.0360 e. The molecule has 1 aliphatic rings. The van der Waals surface area contributed by atoms with Crippen molar-refractivity contribution in [2.75, 3.05) is 13.6 Å². The van der Waals surface area contributed by atoms with Crippen LogP contribution in [0.3, 0.4) is 0 Å². The van der Waals surface area contributed by atoms with E-state index in [0.29, 0.717) is 12.1 Å². The van der Waals surface area contributed by atoms with Crippen LogP contribution in [0.1, 0.15) is 24.4 Å². The van der Waals surface area contributed by atoms with Crippen molar-refractivity contribution in [3.8, 4) is 0 Å². The van der Waals surface area contributed by atoms with Crippen LogP contribution in [0.4, 0.5) is 0 Å². The molecule has 14 heavy (non-hydrogen) atoms. The number of nitrogens with zero attached hydrogens (tertiary/aromatic N) is 2. The molecule has 2 atom stereocenters. The van der Waals surface area contributed by atoms with Crippen LogP contribution in [-0.2, 0) is 0 Å². The Labute approximate surface area is 84.9 Å². The summed E-state index contributed by atoms with van der Waals surface area (Å²) in [5.74, 6) is 0. The third-order valence-electron chi connectivity index (χ3n) is 3.00. The lowest BCUT2D eigenvalue weighted by Crippen LogP contribution is -2.39. The highest BCUT2D eigenvalue weighted by Crippen LogP contribution is 2.28. The summed E-state index contributed by atoms with van der Waals surface area (Å²) < 4.78 is 0. The average Bonchev–Trinajstić information content (AvgIpc) is 2.23.